The highest BCUT2D eigenvalue weighted by atomic mass is 79.9. The lowest BCUT2D eigenvalue weighted by molar-refractivity contribution is 0.593. The predicted octanol–water partition coefficient (Wildman–Crippen LogP) is 3.67. The standard InChI is InChI=1S/C12H7BrF3NO2S/c13-9-5-7(14)2-4-12(9)20(18,19)17-11-6-8(15)1-3-10(11)16/h1-6,17H. The van der Waals surface area contributed by atoms with Gasteiger partial charge in [-0.2, -0.15) is 0 Å². The summed E-state index contributed by atoms with van der Waals surface area (Å²) < 4.78 is 65.3. The van der Waals surface area contributed by atoms with E-state index in [1.165, 1.54) is 0 Å². The second kappa shape index (κ2) is 5.45. The Morgan fingerprint density at radius 2 is 1.55 bits per heavy atom. The molecular formula is C12H7BrF3NO2S. The van der Waals surface area contributed by atoms with Crippen LogP contribution in [0.2, 0.25) is 0 Å². The normalized spacial score (nSPS) is 11.4. The van der Waals surface area contributed by atoms with Gasteiger partial charge >= 0.3 is 0 Å². The first-order valence-corrected chi connectivity index (χ1v) is 7.50. The van der Waals surface area contributed by atoms with Gasteiger partial charge in [-0.25, -0.2) is 21.6 Å². The van der Waals surface area contributed by atoms with Gasteiger partial charge in [-0.3, -0.25) is 4.72 Å². The van der Waals surface area contributed by atoms with Crippen LogP contribution in [0.25, 0.3) is 0 Å². The summed E-state index contributed by atoms with van der Waals surface area (Å²) in [4.78, 5) is -0.289. The molecule has 3 nitrogen and oxygen atoms in total. The van der Waals surface area contributed by atoms with Crippen LogP contribution in [-0.2, 0) is 10.0 Å². The number of benzene rings is 2. The molecule has 0 radical (unpaired) electrons. The molecule has 20 heavy (non-hydrogen) atoms. The third-order valence-electron chi connectivity index (χ3n) is 2.36. The first-order valence-electron chi connectivity index (χ1n) is 5.22. The van der Waals surface area contributed by atoms with Gasteiger partial charge < -0.3 is 0 Å². The van der Waals surface area contributed by atoms with E-state index < -0.39 is 33.2 Å². The molecule has 0 aliphatic heterocycles. The molecule has 0 aliphatic carbocycles. The first kappa shape index (κ1) is 14.9. The van der Waals surface area contributed by atoms with Crippen molar-refractivity contribution in [2.45, 2.75) is 4.90 Å². The quantitative estimate of drug-likeness (QED) is 0.901. The van der Waals surface area contributed by atoms with Gasteiger partial charge in [0.05, 0.1) is 5.69 Å². The summed E-state index contributed by atoms with van der Waals surface area (Å²) in [6.45, 7) is 0. The number of anilines is 1. The lowest BCUT2D eigenvalue weighted by Gasteiger charge is -2.10. The zero-order valence-electron chi connectivity index (χ0n) is 9.70. The third-order valence-corrected chi connectivity index (χ3v) is 4.70. The van der Waals surface area contributed by atoms with E-state index in [-0.39, 0.29) is 9.37 Å². The minimum absolute atomic E-state index is 0.0261. The molecule has 0 amide bonds. The summed E-state index contributed by atoms with van der Waals surface area (Å²) in [6.07, 6.45) is 0. The average Bonchev–Trinajstić information content (AvgIpc) is 2.33. The lowest BCUT2D eigenvalue weighted by atomic mass is 10.3. The molecule has 0 fully saturated rings. The van der Waals surface area contributed by atoms with Crippen molar-refractivity contribution in [2.24, 2.45) is 0 Å². The molecule has 0 aromatic heterocycles. The number of hydrogen-bond acceptors (Lipinski definition) is 2. The highest BCUT2D eigenvalue weighted by Crippen LogP contribution is 2.26. The van der Waals surface area contributed by atoms with E-state index in [0.717, 1.165) is 30.3 Å². The summed E-state index contributed by atoms with van der Waals surface area (Å²) in [5.74, 6) is -2.34. The van der Waals surface area contributed by atoms with E-state index in [1.807, 2.05) is 4.72 Å². The van der Waals surface area contributed by atoms with Crippen molar-refractivity contribution in [2.75, 3.05) is 4.72 Å². The molecule has 0 saturated carbocycles. The molecule has 1 N–H and O–H groups in total. The molecule has 0 saturated heterocycles. The monoisotopic (exact) mass is 365 g/mol. The highest BCUT2D eigenvalue weighted by molar-refractivity contribution is 9.10. The summed E-state index contributed by atoms with van der Waals surface area (Å²) in [6, 6.07) is 5.29. The second-order valence-electron chi connectivity index (χ2n) is 3.80. The Kier molecular flexibility index (Phi) is 4.05. The highest BCUT2D eigenvalue weighted by Gasteiger charge is 2.20. The molecule has 0 bridgehead atoms. The van der Waals surface area contributed by atoms with Crippen LogP contribution < -0.4 is 4.72 Å². The molecule has 0 atom stereocenters. The Bertz CT molecular complexity index is 765. The maximum atomic E-state index is 13.4. The minimum atomic E-state index is -4.17. The Balaban J connectivity index is 2.43. The van der Waals surface area contributed by atoms with E-state index in [4.69, 9.17) is 0 Å². The van der Waals surface area contributed by atoms with Crippen LogP contribution in [0, 0.1) is 17.5 Å². The van der Waals surface area contributed by atoms with Gasteiger partial charge in [0.1, 0.15) is 22.3 Å². The molecule has 106 valence electrons. The zero-order valence-corrected chi connectivity index (χ0v) is 12.1. The Hall–Kier alpha value is -1.54. The SMILES string of the molecule is O=S(=O)(Nc1cc(F)ccc1F)c1ccc(F)cc1Br. The maximum Gasteiger partial charge on any atom is 0.263 e. The number of halogens is 4. The summed E-state index contributed by atoms with van der Waals surface area (Å²) >= 11 is 2.90. The number of nitrogens with one attached hydrogen (secondary N) is 1. The fourth-order valence-corrected chi connectivity index (χ4v) is 3.58. The van der Waals surface area contributed by atoms with Gasteiger partial charge in [-0.15, -0.1) is 0 Å². The molecular weight excluding hydrogens is 359 g/mol. The van der Waals surface area contributed by atoms with Crippen molar-refractivity contribution >= 4 is 31.6 Å². The Morgan fingerprint density at radius 3 is 2.20 bits per heavy atom. The van der Waals surface area contributed by atoms with Crippen molar-refractivity contribution in [3.8, 4) is 0 Å². The van der Waals surface area contributed by atoms with Crippen LogP contribution in [0.3, 0.4) is 0 Å². The van der Waals surface area contributed by atoms with Crippen LogP contribution >= 0.6 is 15.9 Å². The lowest BCUT2D eigenvalue weighted by Crippen LogP contribution is -2.14. The van der Waals surface area contributed by atoms with Gasteiger partial charge in [0.25, 0.3) is 10.0 Å². The third kappa shape index (κ3) is 3.13. The van der Waals surface area contributed by atoms with Gasteiger partial charge in [-0.1, -0.05) is 0 Å². The van der Waals surface area contributed by atoms with Crippen molar-refractivity contribution in [1.29, 1.82) is 0 Å². The summed E-state index contributed by atoms with van der Waals surface area (Å²) in [5.41, 5.74) is -0.527. The summed E-state index contributed by atoms with van der Waals surface area (Å²) in [7, 11) is -4.17. The summed E-state index contributed by atoms with van der Waals surface area (Å²) in [5, 5.41) is 0. The molecule has 2 aromatic rings. The largest absolute Gasteiger partial charge is 0.277 e. The molecule has 0 unspecified atom stereocenters. The molecule has 0 spiro atoms. The van der Waals surface area contributed by atoms with Crippen molar-refractivity contribution in [3.05, 3.63) is 58.3 Å². The van der Waals surface area contributed by atoms with Crippen LogP contribution in [0.1, 0.15) is 0 Å². The topological polar surface area (TPSA) is 46.2 Å². The van der Waals surface area contributed by atoms with Gasteiger partial charge in [0.15, 0.2) is 0 Å². The number of sulfonamides is 1. The number of rotatable bonds is 3. The Labute approximate surface area is 121 Å². The van der Waals surface area contributed by atoms with Crippen molar-refractivity contribution in [3.63, 3.8) is 0 Å². The van der Waals surface area contributed by atoms with Crippen molar-refractivity contribution in [1.82, 2.24) is 0 Å². The van der Waals surface area contributed by atoms with Crippen LogP contribution in [0.15, 0.2) is 45.8 Å². The molecule has 2 aromatic carbocycles. The maximum absolute atomic E-state index is 13.4. The first-order chi connectivity index (χ1) is 9.29. The van der Waals surface area contributed by atoms with Crippen LogP contribution in [0.5, 0.6) is 0 Å². The Morgan fingerprint density at radius 1 is 0.950 bits per heavy atom. The van der Waals surface area contributed by atoms with E-state index in [2.05, 4.69) is 15.9 Å². The van der Waals surface area contributed by atoms with E-state index in [9.17, 15) is 21.6 Å². The van der Waals surface area contributed by atoms with Crippen molar-refractivity contribution < 1.29 is 21.6 Å². The smallest absolute Gasteiger partial charge is 0.263 e. The van der Waals surface area contributed by atoms with Gasteiger partial charge in [0, 0.05) is 10.5 Å². The van der Waals surface area contributed by atoms with E-state index in [1.54, 1.807) is 0 Å². The molecule has 0 heterocycles. The molecule has 8 heteroatoms. The average molecular weight is 366 g/mol. The molecule has 2 rings (SSSR count). The minimum Gasteiger partial charge on any atom is -0.277 e. The second-order valence-corrected chi connectivity index (χ2v) is 6.31. The van der Waals surface area contributed by atoms with Gasteiger partial charge in [0.2, 0.25) is 0 Å². The fourth-order valence-electron chi connectivity index (χ4n) is 1.47. The fraction of sp³-hybridized carbons (Fsp3) is 0. The van der Waals surface area contributed by atoms with Crippen LogP contribution in [-0.4, -0.2) is 8.42 Å². The molecule has 0 aliphatic rings. The van der Waals surface area contributed by atoms with Crippen LogP contribution in [0.4, 0.5) is 18.9 Å². The predicted molar refractivity (Wildman–Crippen MR) is 71.3 cm³/mol. The number of hydrogen-bond donors (Lipinski definition) is 1. The van der Waals surface area contributed by atoms with Gasteiger partial charge in [-0.05, 0) is 46.3 Å². The van der Waals surface area contributed by atoms with E-state index >= 15 is 0 Å². The van der Waals surface area contributed by atoms with E-state index in [0.29, 0.717) is 6.07 Å². The zero-order chi connectivity index (χ0) is 14.9.